The van der Waals surface area contributed by atoms with E-state index in [1.54, 1.807) is 82.2 Å². The maximum absolute atomic E-state index is 14.2. The second-order valence-corrected chi connectivity index (χ2v) is 15.3. The number of fused-ring (bicyclic) bond motifs is 4. The summed E-state index contributed by atoms with van der Waals surface area (Å²) in [6.45, 7) is 15.0. The molecule has 0 bridgehead atoms. The van der Waals surface area contributed by atoms with Crippen molar-refractivity contribution in [2.45, 2.75) is 117 Å². The number of benzene rings is 1. The first-order chi connectivity index (χ1) is 24.9. The van der Waals surface area contributed by atoms with E-state index in [1.165, 1.54) is 7.11 Å². The van der Waals surface area contributed by atoms with Crippen molar-refractivity contribution in [2.24, 2.45) is 0 Å². The molecule has 286 valence electrons. The van der Waals surface area contributed by atoms with Gasteiger partial charge in [0.1, 0.15) is 23.1 Å². The van der Waals surface area contributed by atoms with Crippen LogP contribution in [0.4, 0.5) is 14.4 Å². The number of rotatable bonds is 9. The minimum absolute atomic E-state index is 0.000930. The number of hydrogen-bond donors (Lipinski definition) is 0. The predicted octanol–water partition coefficient (Wildman–Crippen LogP) is 6.80. The molecule has 2 aliphatic heterocycles. The van der Waals surface area contributed by atoms with E-state index >= 15 is 0 Å². The summed E-state index contributed by atoms with van der Waals surface area (Å²) in [5, 5.41) is 0.754. The van der Waals surface area contributed by atoms with Gasteiger partial charge in [-0.05, 0) is 84.2 Å². The number of piperidine rings is 1. The molecule has 14 nitrogen and oxygen atoms in total. The first-order valence-electron chi connectivity index (χ1n) is 17.9. The van der Waals surface area contributed by atoms with Gasteiger partial charge < -0.3 is 37.9 Å². The number of aryl methyl sites for hydroxylation is 1. The molecule has 3 aromatic rings. The topological polar surface area (TPSA) is 162 Å². The zero-order valence-corrected chi connectivity index (χ0v) is 32.0. The van der Waals surface area contributed by atoms with E-state index in [2.05, 4.69) is 0 Å². The number of aldehydes is 1. The van der Waals surface area contributed by atoms with E-state index in [4.69, 9.17) is 33.4 Å². The number of nitrogens with zero attached hydrogens (tertiary/aromatic N) is 3. The van der Waals surface area contributed by atoms with Gasteiger partial charge in [0.25, 0.3) is 5.56 Å². The third-order valence-corrected chi connectivity index (χ3v) is 9.16. The number of pyridine rings is 2. The Hall–Kier alpha value is -4.98. The lowest BCUT2D eigenvalue weighted by molar-refractivity contribution is -0.131. The van der Waals surface area contributed by atoms with E-state index < -0.39 is 46.9 Å². The number of ether oxygens (including phenoxy) is 6. The second-order valence-electron chi connectivity index (χ2n) is 15.3. The van der Waals surface area contributed by atoms with Gasteiger partial charge in [-0.25, -0.2) is 19.4 Å². The molecule has 0 spiro atoms. The summed E-state index contributed by atoms with van der Waals surface area (Å²) in [5.41, 5.74) is 0.0115. The normalized spacial score (nSPS) is 15.6. The van der Waals surface area contributed by atoms with Crippen molar-refractivity contribution in [1.29, 1.82) is 0 Å². The Morgan fingerprint density at radius 2 is 1.60 bits per heavy atom. The highest BCUT2D eigenvalue weighted by molar-refractivity contribution is 5.89. The molecule has 0 aliphatic carbocycles. The van der Waals surface area contributed by atoms with E-state index in [0.717, 1.165) is 16.5 Å². The lowest BCUT2D eigenvalue weighted by Gasteiger charge is -2.34. The van der Waals surface area contributed by atoms with Gasteiger partial charge in [0.2, 0.25) is 0 Å². The summed E-state index contributed by atoms with van der Waals surface area (Å²) in [6, 6.07) is 6.75. The number of methoxy groups -OCH3 is 1. The van der Waals surface area contributed by atoms with E-state index in [9.17, 15) is 24.0 Å². The van der Waals surface area contributed by atoms with Gasteiger partial charge in [-0.3, -0.25) is 9.59 Å². The maximum atomic E-state index is 14.2. The average molecular weight is 736 g/mol. The maximum Gasteiger partial charge on any atom is 0.514 e. The van der Waals surface area contributed by atoms with Crippen LogP contribution in [-0.2, 0) is 53.7 Å². The van der Waals surface area contributed by atoms with Crippen molar-refractivity contribution in [3.8, 4) is 17.1 Å². The van der Waals surface area contributed by atoms with Crippen LogP contribution in [0, 0.1) is 0 Å². The Kier molecular flexibility index (Phi) is 11.2. The molecule has 1 amide bonds. The van der Waals surface area contributed by atoms with Crippen LogP contribution in [0.5, 0.6) is 5.75 Å². The molecule has 1 saturated heterocycles. The Bertz CT molecular complexity index is 1970. The molecule has 1 unspecified atom stereocenters. The Balaban J connectivity index is 1.46. The second kappa shape index (κ2) is 15.2. The highest BCUT2D eigenvalue weighted by Crippen LogP contribution is 2.40. The van der Waals surface area contributed by atoms with Gasteiger partial charge in [0, 0.05) is 49.6 Å². The third-order valence-electron chi connectivity index (χ3n) is 9.16. The quantitative estimate of drug-likeness (QED) is 0.0766. The van der Waals surface area contributed by atoms with Crippen LogP contribution < -0.4 is 10.3 Å². The summed E-state index contributed by atoms with van der Waals surface area (Å²) >= 11 is 0. The molecule has 0 saturated carbocycles. The summed E-state index contributed by atoms with van der Waals surface area (Å²) in [6.07, 6.45) is -1.09. The van der Waals surface area contributed by atoms with Gasteiger partial charge in [-0.1, -0.05) is 13.8 Å². The SMILES string of the molecule is CCc1c2c(nc3ccc(OC(=O)OC(C)(C)C)cc13)-c1cc(C(C=O)(CC)OC(=O)OC3CCN(C(=O)OC(C)(C)C)CC3)c(COC)c(=O)n1C2. The van der Waals surface area contributed by atoms with Crippen molar-refractivity contribution in [3.63, 3.8) is 0 Å². The van der Waals surface area contributed by atoms with E-state index in [1.807, 2.05) is 6.92 Å². The smallest absolute Gasteiger partial charge is 0.444 e. The number of carbonyl (C=O) groups excluding carboxylic acids is 4. The van der Waals surface area contributed by atoms with Gasteiger partial charge in [0.05, 0.1) is 35.6 Å². The number of hydrogen-bond acceptors (Lipinski definition) is 12. The van der Waals surface area contributed by atoms with E-state index in [0.29, 0.717) is 55.5 Å². The van der Waals surface area contributed by atoms with Gasteiger partial charge in [-0.2, -0.15) is 0 Å². The fourth-order valence-electron chi connectivity index (χ4n) is 6.71. The minimum Gasteiger partial charge on any atom is -0.444 e. The van der Waals surface area contributed by atoms with Crippen LogP contribution in [0.2, 0.25) is 0 Å². The molecule has 0 radical (unpaired) electrons. The summed E-state index contributed by atoms with van der Waals surface area (Å²) in [7, 11) is 1.43. The third kappa shape index (κ3) is 8.48. The van der Waals surface area contributed by atoms with Gasteiger partial charge in [0.15, 0.2) is 11.9 Å². The average Bonchev–Trinajstić information content (AvgIpc) is 3.44. The first kappa shape index (κ1) is 39.2. The molecule has 1 fully saturated rings. The largest absolute Gasteiger partial charge is 0.514 e. The van der Waals surface area contributed by atoms with Gasteiger partial charge in [-0.15, -0.1) is 0 Å². The van der Waals surface area contributed by atoms with E-state index in [-0.39, 0.29) is 36.4 Å². The van der Waals surface area contributed by atoms with Crippen molar-refractivity contribution in [2.75, 3.05) is 20.2 Å². The fourth-order valence-corrected chi connectivity index (χ4v) is 6.71. The van der Waals surface area contributed by atoms with Crippen molar-refractivity contribution in [1.82, 2.24) is 14.5 Å². The van der Waals surface area contributed by atoms with Crippen LogP contribution in [-0.4, -0.2) is 76.6 Å². The first-order valence-corrected chi connectivity index (χ1v) is 17.9. The van der Waals surface area contributed by atoms with Gasteiger partial charge >= 0.3 is 18.4 Å². The molecule has 1 aromatic carbocycles. The molecule has 4 heterocycles. The van der Waals surface area contributed by atoms with Crippen LogP contribution in [0.25, 0.3) is 22.3 Å². The number of aromatic nitrogens is 2. The Labute approximate surface area is 308 Å². The number of amides is 1. The van der Waals surface area contributed by atoms with Crippen LogP contribution in [0.3, 0.4) is 0 Å². The van der Waals surface area contributed by atoms with Crippen LogP contribution in [0.1, 0.15) is 96.9 Å². The van der Waals surface area contributed by atoms with Crippen molar-refractivity contribution >= 4 is 35.6 Å². The highest BCUT2D eigenvalue weighted by Gasteiger charge is 2.41. The Morgan fingerprint density at radius 3 is 2.19 bits per heavy atom. The fraction of sp³-hybridized carbons (Fsp3) is 0.538. The molecule has 1 atom stereocenters. The van der Waals surface area contributed by atoms with Crippen molar-refractivity contribution < 1.29 is 47.6 Å². The molecule has 2 aliphatic rings. The Morgan fingerprint density at radius 1 is 0.925 bits per heavy atom. The minimum atomic E-state index is -1.88. The standard InChI is InChI=1S/C39H49N3O11/c1-10-25-26-18-24(50-35(46)52-38(6,7)8)12-13-30(26)40-32-27(25)20-42-31(32)19-29(28(21-48-9)33(42)44)39(11-2,22-43)53-36(47)49-23-14-16-41(17-15-23)34(45)51-37(3,4)5/h12-13,18-19,22-23H,10-11,14-17,20-21H2,1-9H3. The monoisotopic (exact) mass is 735 g/mol. The molecule has 53 heavy (non-hydrogen) atoms. The lowest BCUT2D eigenvalue weighted by atomic mass is 9.88. The summed E-state index contributed by atoms with van der Waals surface area (Å²) < 4.78 is 34.7. The molecule has 0 N–H and O–H groups in total. The molecule has 2 aromatic heterocycles. The van der Waals surface area contributed by atoms with Crippen LogP contribution in [0.15, 0.2) is 29.1 Å². The zero-order chi connectivity index (χ0) is 38.9. The highest BCUT2D eigenvalue weighted by atomic mass is 16.7. The predicted molar refractivity (Wildman–Crippen MR) is 194 cm³/mol. The molecule has 14 heteroatoms. The molecule has 5 rings (SSSR count). The molecular weight excluding hydrogens is 686 g/mol. The van der Waals surface area contributed by atoms with Crippen molar-refractivity contribution in [3.05, 3.63) is 56.9 Å². The number of carbonyl (C=O) groups is 4. The number of likely N-dealkylation sites (tertiary alicyclic amines) is 1. The summed E-state index contributed by atoms with van der Waals surface area (Å²) in [5.74, 6) is 0.289. The van der Waals surface area contributed by atoms with Crippen LogP contribution >= 0.6 is 0 Å². The lowest BCUT2D eigenvalue weighted by Crippen LogP contribution is -2.44. The molecular formula is C39H49N3O11. The summed E-state index contributed by atoms with van der Waals surface area (Å²) in [4.78, 5) is 71.9. The zero-order valence-electron chi connectivity index (χ0n) is 32.0.